The van der Waals surface area contributed by atoms with Gasteiger partial charge in [0.1, 0.15) is 11.4 Å². The maximum atomic E-state index is 14.0. The zero-order chi connectivity index (χ0) is 17.4. The first kappa shape index (κ1) is 18.2. The van der Waals surface area contributed by atoms with Crippen molar-refractivity contribution in [2.75, 3.05) is 6.61 Å². The van der Waals surface area contributed by atoms with Crippen molar-refractivity contribution in [3.05, 3.63) is 34.6 Å². The van der Waals surface area contributed by atoms with Gasteiger partial charge >= 0.3 is 0 Å². The second kappa shape index (κ2) is 6.38. The van der Waals surface area contributed by atoms with Gasteiger partial charge in [0.05, 0.1) is 12.1 Å². The Balaban J connectivity index is 2.13. The number of rotatable bonds is 5. The van der Waals surface area contributed by atoms with E-state index in [4.69, 9.17) is 22.1 Å². The molecule has 0 saturated heterocycles. The van der Waals surface area contributed by atoms with Gasteiger partial charge in [-0.25, -0.2) is 4.39 Å². The molecule has 4 nitrogen and oxygen atoms in total. The first-order chi connectivity index (χ1) is 10.6. The van der Waals surface area contributed by atoms with E-state index in [1.807, 2.05) is 20.8 Å². The summed E-state index contributed by atoms with van der Waals surface area (Å²) in [5.41, 5.74) is 5.06. The van der Waals surface area contributed by atoms with E-state index in [0.29, 0.717) is 13.0 Å². The average molecular weight is 343 g/mol. The molecule has 1 saturated carbocycles. The van der Waals surface area contributed by atoms with Crippen molar-refractivity contribution < 1.29 is 13.9 Å². The van der Waals surface area contributed by atoms with Crippen molar-refractivity contribution in [2.45, 2.75) is 51.8 Å². The molecular formula is C17H24ClFN2O2. The van der Waals surface area contributed by atoms with E-state index in [2.05, 4.69) is 5.32 Å². The van der Waals surface area contributed by atoms with Crippen molar-refractivity contribution in [1.82, 2.24) is 5.32 Å². The molecule has 128 valence electrons. The van der Waals surface area contributed by atoms with E-state index in [9.17, 15) is 9.18 Å². The monoisotopic (exact) mass is 342 g/mol. The van der Waals surface area contributed by atoms with E-state index in [0.717, 1.165) is 0 Å². The molecule has 1 aromatic rings. The van der Waals surface area contributed by atoms with Gasteiger partial charge in [0.25, 0.3) is 0 Å². The number of carbonyl (C=O) groups excluding carboxylic acids is 1. The maximum Gasteiger partial charge on any atom is 0.241 e. The van der Waals surface area contributed by atoms with Crippen LogP contribution in [-0.2, 0) is 9.53 Å². The van der Waals surface area contributed by atoms with Crippen LogP contribution in [0.1, 0.15) is 45.7 Å². The third kappa shape index (κ3) is 2.97. The van der Waals surface area contributed by atoms with Crippen LogP contribution in [0.4, 0.5) is 4.39 Å². The van der Waals surface area contributed by atoms with Crippen molar-refractivity contribution >= 4 is 17.5 Å². The van der Waals surface area contributed by atoms with Crippen LogP contribution in [0, 0.1) is 11.2 Å². The molecule has 2 rings (SSSR count). The molecule has 3 unspecified atom stereocenters. The van der Waals surface area contributed by atoms with Gasteiger partial charge in [-0.1, -0.05) is 31.5 Å². The molecule has 0 aromatic heterocycles. The van der Waals surface area contributed by atoms with Gasteiger partial charge in [0.15, 0.2) is 0 Å². The van der Waals surface area contributed by atoms with E-state index in [-0.39, 0.29) is 22.6 Å². The summed E-state index contributed by atoms with van der Waals surface area (Å²) in [6, 6.07) is 3.88. The van der Waals surface area contributed by atoms with Crippen LogP contribution in [-0.4, -0.2) is 24.2 Å². The summed E-state index contributed by atoms with van der Waals surface area (Å²) in [7, 11) is 0. The van der Waals surface area contributed by atoms with Crippen LogP contribution < -0.4 is 11.1 Å². The van der Waals surface area contributed by atoms with Crippen molar-refractivity contribution in [1.29, 1.82) is 0 Å². The fourth-order valence-electron chi connectivity index (χ4n) is 3.14. The van der Waals surface area contributed by atoms with E-state index >= 15 is 0 Å². The lowest BCUT2D eigenvalue weighted by Gasteiger charge is -2.57. The summed E-state index contributed by atoms with van der Waals surface area (Å²) >= 11 is 6.05. The highest BCUT2D eigenvalue weighted by Gasteiger charge is 2.63. The smallest absolute Gasteiger partial charge is 0.241 e. The molecular weight excluding hydrogens is 319 g/mol. The van der Waals surface area contributed by atoms with Crippen LogP contribution >= 0.6 is 11.6 Å². The summed E-state index contributed by atoms with van der Waals surface area (Å²) in [6.45, 7) is 8.01. The van der Waals surface area contributed by atoms with E-state index in [1.165, 1.54) is 12.1 Å². The van der Waals surface area contributed by atoms with Gasteiger partial charge in [-0.3, -0.25) is 4.79 Å². The fourth-order valence-corrected chi connectivity index (χ4v) is 3.47. The second-order valence-electron chi connectivity index (χ2n) is 6.67. The summed E-state index contributed by atoms with van der Waals surface area (Å²) in [6.07, 6.45) is 0.382. The highest BCUT2D eigenvalue weighted by molar-refractivity contribution is 6.31. The first-order valence-corrected chi connectivity index (χ1v) is 8.18. The first-order valence-electron chi connectivity index (χ1n) is 7.80. The third-order valence-electron chi connectivity index (χ3n) is 5.02. The van der Waals surface area contributed by atoms with Gasteiger partial charge in [0.2, 0.25) is 5.91 Å². The lowest BCUT2D eigenvalue weighted by atomic mass is 9.54. The predicted octanol–water partition coefficient (Wildman–Crippen LogP) is 3.19. The van der Waals surface area contributed by atoms with E-state index < -0.39 is 22.8 Å². The predicted molar refractivity (Wildman–Crippen MR) is 88.7 cm³/mol. The lowest BCUT2D eigenvalue weighted by molar-refractivity contribution is -0.171. The molecule has 0 aliphatic heterocycles. The Kier molecular flexibility index (Phi) is 5.04. The normalized spacial score (nSPS) is 27.2. The van der Waals surface area contributed by atoms with Gasteiger partial charge in [-0.2, -0.15) is 0 Å². The molecule has 1 aliphatic carbocycles. The molecule has 0 bridgehead atoms. The van der Waals surface area contributed by atoms with Gasteiger partial charge < -0.3 is 15.8 Å². The molecule has 6 heteroatoms. The number of halogens is 2. The van der Waals surface area contributed by atoms with Gasteiger partial charge in [-0.05, 0) is 26.0 Å². The largest absolute Gasteiger partial charge is 0.378 e. The number of ether oxygens (including phenoxy) is 1. The minimum Gasteiger partial charge on any atom is -0.378 e. The van der Waals surface area contributed by atoms with Crippen LogP contribution in [0.25, 0.3) is 0 Å². The highest BCUT2D eigenvalue weighted by atomic mass is 35.5. The molecule has 0 heterocycles. The summed E-state index contributed by atoms with van der Waals surface area (Å²) in [5, 5.41) is 3.08. The standard InChI is InChI=1S/C17H24ClFN2O2/c1-5-23-13-9-17(20,16(13,3)4)15(22)21-10(2)14-11(18)7-6-8-12(14)19/h6-8,10,13H,5,9,20H2,1-4H3,(H,21,22). The van der Waals surface area contributed by atoms with Crippen LogP contribution in [0.3, 0.4) is 0 Å². The number of amides is 1. The van der Waals surface area contributed by atoms with Gasteiger partial charge in [-0.15, -0.1) is 0 Å². The summed E-state index contributed by atoms with van der Waals surface area (Å²) in [4.78, 5) is 12.7. The minimum atomic E-state index is -1.04. The molecule has 1 amide bonds. The SMILES string of the molecule is CCOC1CC(N)(C(=O)NC(C)c2c(F)cccc2Cl)C1(C)C. The Bertz CT molecular complexity index is 588. The highest BCUT2D eigenvalue weighted by Crippen LogP contribution is 2.50. The van der Waals surface area contributed by atoms with E-state index in [1.54, 1.807) is 13.0 Å². The molecule has 0 spiro atoms. The zero-order valence-corrected chi connectivity index (χ0v) is 14.7. The third-order valence-corrected chi connectivity index (χ3v) is 5.35. The van der Waals surface area contributed by atoms with Crippen LogP contribution in [0.5, 0.6) is 0 Å². The topological polar surface area (TPSA) is 64.3 Å². The van der Waals surface area contributed by atoms with Crippen LogP contribution in [0.2, 0.25) is 5.02 Å². The Morgan fingerprint density at radius 3 is 2.74 bits per heavy atom. The molecule has 3 N–H and O–H groups in total. The Hall–Kier alpha value is -1.17. The van der Waals surface area contributed by atoms with Crippen molar-refractivity contribution in [3.8, 4) is 0 Å². The summed E-state index contributed by atoms with van der Waals surface area (Å²) in [5.74, 6) is -0.762. The molecule has 1 aliphatic rings. The lowest BCUT2D eigenvalue weighted by Crippen LogP contribution is -2.75. The zero-order valence-electron chi connectivity index (χ0n) is 14.0. The molecule has 1 fully saturated rings. The minimum absolute atomic E-state index is 0.0596. The summed E-state index contributed by atoms with van der Waals surface area (Å²) < 4.78 is 19.6. The number of nitrogens with one attached hydrogen (secondary N) is 1. The van der Waals surface area contributed by atoms with Crippen molar-refractivity contribution in [3.63, 3.8) is 0 Å². The Labute approximate surface area is 141 Å². The number of hydrogen-bond acceptors (Lipinski definition) is 3. The average Bonchev–Trinajstić information content (AvgIpc) is 2.46. The molecule has 0 radical (unpaired) electrons. The van der Waals surface area contributed by atoms with Gasteiger partial charge in [0, 0.05) is 29.0 Å². The van der Waals surface area contributed by atoms with Crippen LogP contribution in [0.15, 0.2) is 18.2 Å². The molecule has 23 heavy (non-hydrogen) atoms. The number of nitrogens with two attached hydrogens (primary N) is 1. The molecule has 1 aromatic carbocycles. The second-order valence-corrected chi connectivity index (χ2v) is 7.08. The Morgan fingerprint density at radius 2 is 2.22 bits per heavy atom. The fraction of sp³-hybridized carbons (Fsp3) is 0.588. The maximum absolute atomic E-state index is 14.0. The molecule has 3 atom stereocenters. The number of benzene rings is 1. The Morgan fingerprint density at radius 1 is 1.57 bits per heavy atom. The van der Waals surface area contributed by atoms with Crippen molar-refractivity contribution in [2.24, 2.45) is 11.1 Å². The number of hydrogen-bond donors (Lipinski definition) is 2. The quantitative estimate of drug-likeness (QED) is 0.863. The number of carbonyl (C=O) groups is 1.